The zero-order valence-electron chi connectivity index (χ0n) is 14.1. The summed E-state index contributed by atoms with van der Waals surface area (Å²) in [6.07, 6.45) is 10.0. The number of ether oxygens (including phenoxy) is 1. The van der Waals surface area contributed by atoms with E-state index in [2.05, 4.69) is 6.92 Å². The molecule has 0 aromatic heterocycles. The molecule has 0 radical (unpaired) electrons. The molecule has 0 saturated carbocycles. The third-order valence-electron chi connectivity index (χ3n) is 4.03. The Kier molecular flexibility index (Phi) is 8.30. The smallest absolute Gasteiger partial charge is 0.343 e. The fraction of sp³-hybridized carbons (Fsp3) is 0.611. The maximum Gasteiger partial charge on any atom is 0.343 e. The highest BCUT2D eigenvalue weighted by atomic mass is 16.5. The van der Waals surface area contributed by atoms with Gasteiger partial charge in [0.2, 0.25) is 0 Å². The van der Waals surface area contributed by atoms with E-state index in [1.807, 2.05) is 0 Å². The second-order valence-corrected chi connectivity index (χ2v) is 5.84. The van der Waals surface area contributed by atoms with Crippen LogP contribution in [0.15, 0.2) is 6.07 Å². The Morgan fingerprint density at radius 3 is 2.13 bits per heavy atom. The van der Waals surface area contributed by atoms with Gasteiger partial charge in [-0.3, -0.25) is 0 Å². The molecule has 0 amide bonds. The molecule has 0 aliphatic carbocycles. The lowest BCUT2D eigenvalue weighted by Gasteiger charge is -2.14. The number of aryl methyl sites for hydroxylation is 1. The number of carboxylic acids is 1. The lowest BCUT2D eigenvalue weighted by Crippen LogP contribution is -2.04. The number of hydrogen-bond acceptors (Lipinski definition) is 4. The summed E-state index contributed by atoms with van der Waals surface area (Å²) in [4.78, 5) is 11.3. The van der Waals surface area contributed by atoms with Crippen molar-refractivity contribution in [2.75, 3.05) is 7.11 Å². The predicted molar refractivity (Wildman–Crippen MR) is 89.6 cm³/mol. The molecule has 0 spiro atoms. The summed E-state index contributed by atoms with van der Waals surface area (Å²) in [6, 6.07) is 1.39. The van der Waals surface area contributed by atoms with Crippen LogP contribution in [-0.2, 0) is 6.42 Å². The molecule has 130 valence electrons. The first-order valence-electron chi connectivity index (χ1n) is 8.38. The van der Waals surface area contributed by atoms with Crippen LogP contribution in [0.4, 0.5) is 0 Å². The highest BCUT2D eigenvalue weighted by Crippen LogP contribution is 2.39. The Labute approximate surface area is 137 Å². The topological polar surface area (TPSA) is 87.0 Å². The van der Waals surface area contributed by atoms with Gasteiger partial charge in [0.1, 0.15) is 11.3 Å². The molecule has 5 heteroatoms. The van der Waals surface area contributed by atoms with Gasteiger partial charge in [-0.15, -0.1) is 0 Å². The van der Waals surface area contributed by atoms with Crippen LogP contribution in [0.5, 0.6) is 17.2 Å². The Hall–Kier alpha value is -1.91. The van der Waals surface area contributed by atoms with Gasteiger partial charge >= 0.3 is 5.97 Å². The normalized spacial score (nSPS) is 10.7. The van der Waals surface area contributed by atoms with E-state index in [0.29, 0.717) is 12.0 Å². The lowest BCUT2D eigenvalue weighted by molar-refractivity contribution is 0.0689. The monoisotopic (exact) mass is 324 g/mol. The van der Waals surface area contributed by atoms with Crippen molar-refractivity contribution in [2.24, 2.45) is 0 Å². The summed E-state index contributed by atoms with van der Waals surface area (Å²) < 4.78 is 5.14. The van der Waals surface area contributed by atoms with Crippen LogP contribution in [0.1, 0.15) is 74.2 Å². The fourth-order valence-corrected chi connectivity index (χ4v) is 2.76. The second kappa shape index (κ2) is 9.98. The number of phenolic OH excluding ortho intramolecular Hbond substituents is 1. The van der Waals surface area contributed by atoms with Gasteiger partial charge in [0, 0.05) is 0 Å². The summed E-state index contributed by atoms with van der Waals surface area (Å²) in [6.45, 7) is 2.20. The van der Waals surface area contributed by atoms with Gasteiger partial charge in [0.15, 0.2) is 11.5 Å². The average molecular weight is 324 g/mol. The summed E-state index contributed by atoms with van der Waals surface area (Å²) in [5, 5.41) is 28.6. The average Bonchev–Trinajstić information content (AvgIpc) is 2.52. The molecule has 0 bridgehead atoms. The zero-order valence-corrected chi connectivity index (χ0v) is 14.1. The van der Waals surface area contributed by atoms with Crippen molar-refractivity contribution in [3.63, 3.8) is 0 Å². The van der Waals surface area contributed by atoms with Crippen LogP contribution in [0.25, 0.3) is 0 Å². The van der Waals surface area contributed by atoms with Gasteiger partial charge in [-0.1, -0.05) is 51.9 Å². The van der Waals surface area contributed by atoms with Crippen LogP contribution in [0.3, 0.4) is 0 Å². The third-order valence-corrected chi connectivity index (χ3v) is 4.03. The first-order chi connectivity index (χ1) is 11.0. The van der Waals surface area contributed by atoms with E-state index in [4.69, 9.17) is 4.74 Å². The zero-order chi connectivity index (χ0) is 17.2. The van der Waals surface area contributed by atoms with E-state index in [1.54, 1.807) is 0 Å². The maximum absolute atomic E-state index is 11.3. The standard InChI is InChI=1S/C18H28O5/c1-3-4-5-6-7-8-9-10-11-13-12-14(19)16(20)15(18(21)22)17(13)23-2/h12,19-20H,3-11H2,1-2H3,(H,21,22). The number of rotatable bonds is 11. The number of unbranched alkanes of at least 4 members (excludes halogenated alkanes) is 7. The number of benzene rings is 1. The Morgan fingerprint density at radius 1 is 1.04 bits per heavy atom. The summed E-state index contributed by atoms with van der Waals surface area (Å²) in [7, 11) is 1.37. The molecule has 1 rings (SSSR count). The van der Waals surface area contributed by atoms with Gasteiger partial charge in [-0.25, -0.2) is 4.79 Å². The number of aromatic hydroxyl groups is 2. The molecule has 0 heterocycles. The molecule has 0 aliphatic heterocycles. The van der Waals surface area contributed by atoms with Crippen LogP contribution in [0, 0.1) is 0 Å². The Morgan fingerprint density at radius 2 is 1.61 bits per heavy atom. The van der Waals surface area contributed by atoms with Gasteiger partial charge in [-0.05, 0) is 24.5 Å². The van der Waals surface area contributed by atoms with E-state index in [1.165, 1.54) is 45.3 Å². The number of aromatic carboxylic acids is 1. The van der Waals surface area contributed by atoms with Gasteiger partial charge in [0.05, 0.1) is 7.11 Å². The van der Waals surface area contributed by atoms with E-state index in [-0.39, 0.29) is 11.3 Å². The van der Waals surface area contributed by atoms with Crippen LogP contribution >= 0.6 is 0 Å². The van der Waals surface area contributed by atoms with Crippen LogP contribution in [0.2, 0.25) is 0 Å². The molecule has 0 saturated heterocycles. The third kappa shape index (κ3) is 5.66. The lowest BCUT2D eigenvalue weighted by atomic mass is 10.00. The van der Waals surface area contributed by atoms with Gasteiger partial charge in [-0.2, -0.15) is 0 Å². The summed E-state index contributed by atoms with van der Waals surface area (Å²) in [5.41, 5.74) is 0.244. The highest BCUT2D eigenvalue weighted by Gasteiger charge is 2.23. The second-order valence-electron chi connectivity index (χ2n) is 5.84. The quantitative estimate of drug-likeness (QED) is 0.412. The molecule has 1 aromatic carbocycles. The molecule has 0 aliphatic rings. The molecule has 0 unspecified atom stereocenters. The van der Waals surface area contributed by atoms with Crippen LogP contribution in [-0.4, -0.2) is 28.4 Å². The van der Waals surface area contributed by atoms with Crippen molar-refractivity contribution in [3.8, 4) is 17.2 Å². The SMILES string of the molecule is CCCCCCCCCCc1cc(O)c(O)c(C(=O)O)c1OC. The number of hydrogen-bond donors (Lipinski definition) is 3. The predicted octanol–water partition coefficient (Wildman–Crippen LogP) is 4.49. The minimum Gasteiger partial charge on any atom is -0.504 e. The molecule has 0 atom stereocenters. The molecule has 1 aromatic rings. The number of methoxy groups -OCH3 is 1. The van der Waals surface area contributed by atoms with Crippen molar-refractivity contribution >= 4 is 5.97 Å². The minimum atomic E-state index is -1.31. The van der Waals surface area contributed by atoms with Crippen LogP contribution < -0.4 is 4.74 Å². The highest BCUT2D eigenvalue weighted by molar-refractivity contribution is 5.95. The Bertz CT molecular complexity index is 511. The fourth-order valence-electron chi connectivity index (χ4n) is 2.76. The molecule has 3 N–H and O–H groups in total. The number of carboxylic acid groups (broad SMARTS) is 1. The van der Waals surface area contributed by atoms with E-state index >= 15 is 0 Å². The van der Waals surface area contributed by atoms with Crippen molar-refractivity contribution < 1.29 is 24.9 Å². The summed E-state index contributed by atoms with van der Waals surface area (Å²) >= 11 is 0. The van der Waals surface area contributed by atoms with Crippen molar-refractivity contribution in [3.05, 3.63) is 17.2 Å². The molecule has 23 heavy (non-hydrogen) atoms. The minimum absolute atomic E-state index is 0.135. The van der Waals surface area contributed by atoms with E-state index < -0.39 is 17.5 Å². The first kappa shape index (κ1) is 19.1. The van der Waals surface area contributed by atoms with E-state index in [0.717, 1.165) is 19.3 Å². The van der Waals surface area contributed by atoms with Gasteiger partial charge in [0.25, 0.3) is 0 Å². The number of phenols is 2. The number of carbonyl (C=O) groups is 1. The van der Waals surface area contributed by atoms with Crippen molar-refractivity contribution in [2.45, 2.75) is 64.7 Å². The Balaban J connectivity index is 2.58. The largest absolute Gasteiger partial charge is 0.504 e. The molecule has 5 nitrogen and oxygen atoms in total. The van der Waals surface area contributed by atoms with E-state index in [9.17, 15) is 20.1 Å². The first-order valence-corrected chi connectivity index (χ1v) is 8.38. The van der Waals surface area contributed by atoms with Crippen molar-refractivity contribution in [1.82, 2.24) is 0 Å². The maximum atomic E-state index is 11.3. The molecular weight excluding hydrogens is 296 g/mol. The molecular formula is C18H28O5. The summed E-state index contributed by atoms with van der Waals surface area (Å²) in [5.74, 6) is -2.24. The molecule has 0 fully saturated rings. The van der Waals surface area contributed by atoms with Crippen molar-refractivity contribution in [1.29, 1.82) is 0 Å². The van der Waals surface area contributed by atoms with Gasteiger partial charge < -0.3 is 20.1 Å².